The van der Waals surface area contributed by atoms with Gasteiger partial charge in [-0.1, -0.05) is 40.5 Å². The van der Waals surface area contributed by atoms with Gasteiger partial charge in [0.05, 0.1) is 11.6 Å². The maximum absolute atomic E-state index is 14.0. The van der Waals surface area contributed by atoms with Crippen molar-refractivity contribution in [3.05, 3.63) is 73.4 Å². The number of aromatic nitrogens is 3. The van der Waals surface area contributed by atoms with Crippen molar-refractivity contribution in [3.8, 4) is 5.75 Å². The van der Waals surface area contributed by atoms with Gasteiger partial charge in [0, 0.05) is 22.0 Å². The van der Waals surface area contributed by atoms with Crippen LogP contribution in [0.25, 0.3) is 0 Å². The lowest BCUT2D eigenvalue weighted by molar-refractivity contribution is 0.297. The van der Waals surface area contributed by atoms with Crippen molar-refractivity contribution in [2.75, 3.05) is 5.43 Å². The fourth-order valence-electron chi connectivity index (χ4n) is 2.54. The first-order valence-corrected chi connectivity index (χ1v) is 9.81. The van der Waals surface area contributed by atoms with E-state index in [2.05, 4.69) is 31.6 Å². The van der Waals surface area contributed by atoms with Crippen molar-refractivity contribution in [1.82, 2.24) is 14.9 Å². The predicted octanol–water partition coefficient (Wildman–Crippen LogP) is 5.38. The predicted molar refractivity (Wildman–Crippen MR) is 110 cm³/mol. The SMILES string of the molecule is CCc1n[nH]c(=S)n1NCc1cc(Br)ccc1OCc1c(F)cccc1Cl. The third kappa shape index (κ3) is 4.69. The van der Waals surface area contributed by atoms with Gasteiger partial charge in [-0.15, -0.1) is 0 Å². The zero-order chi connectivity index (χ0) is 19.4. The van der Waals surface area contributed by atoms with Gasteiger partial charge in [0.15, 0.2) is 5.82 Å². The van der Waals surface area contributed by atoms with Crippen LogP contribution in [-0.2, 0) is 19.6 Å². The summed E-state index contributed by atoms with van der Waals surface area (Å²) in [6.45, 7) is 2.47. The molecule has 0 spiro atoms. The summed E-state index contributed by atoms with van der Waals surface area (Å²) in [5, 5.41) is 7.27. The molecule has 0 aliphatic heterocycles. The zero-order valence-corrected chi connectivity index (χ0v) is 17.6. The van der Waals surface area contributed by atoms with E-state index in [1.165, 1.54) is 6.07 Å². The molecular formula is C18H17BrClFN4OS. The molecule has 0 atom stereocenters. The van der Waals surface area contributed by atoms with Gasteiger partial charge in [0.25, 0.3) is 0 Å². The Bertz CT molecular complexity index is 987. The number of aromatic amines is 1. The number of hydrogen-bond acceptors (Lipinski definition) is 4. The van der Waals surface area contributed by atoms with Crippen LogP contribution in [0.3, 0.4) is 0 Å². The van der Waals surface area contributed by atoms with Crippen LogP contribution >= 0.6 is 39.7 Å². The molecule has 2 aromatic carbocycles. The van der Waals surface area contributed by atoms with Crippen LogP contribution in [-0.4, -0.2) is 14.9 Å². The maximum atomic E-state index is 14.0. The van der Waals surface area contributed by atoms with Crippen LogP contribution < -0.4 is 10.2 Å². The molecule has 5 nitrogen and oxygen atoms in total. The normalized spacial score (nSPS) is 10.8. The Labute approximate surface area is 174 Å². The van der Waals surface area contributed by atoms with Crippen LogP contribution in [0.2, 0.25) is 5.02 Å². The second-order valence-corrected chi connectivity index (χ2v) is 7.42. The molecule has 0 saturated carbocycles. The molecule has 3 rings (SSSR count). The first kappa shape index (κ1) is 19.9. The molecular weight excluding hydrogens is 455 g/mol. The third-order valence-electron chi connectivity index (χ3n) is 3.94. The lowest BCUT2D eigenvalue weighted by Gasteiger charge is -2.15. The highest BCUT2D eigenvalue weighted by Gasteiger charge is 2.11. The molecule has 142 valence electrons. The highest BCUT2D eigenvalue weighted by molar-refractivity contribution is 9.10. The molecule has 0 aliphatic carbocycles. The Morgan fingerprint density at radius 1 is 1.37 bits per heavy atom. The average Bonchev–Trinajstić information content (AvgIpc) is 3.00. The molecule has 9 heteroatoms. The fourth-order valence-corrected chi connectivity index (χ4v) is 3.38. The average molecular weight is 472 g/mol. The quantitative estimate of drug-likeness (QED) is 0.454. The van der Waals surface area contributed by atoms with Crippen molar-refractivity contribution in [2.24, 2.45) is 0 Å². The van der Waals surface area contributed by atoms with Crippen molar-refractivity contribution in [1.29, 1.82) is 0 Å². The molecule has 1 heterocycles. The second kappa shape index (κ2) is 8.86. The largest absolute Gasteiger partial charge is 0.488 e. The summed E-state index contributed by atoms with van der Waals surface area (Å²) < 4.78 is 22.9. The minimum absolute atomic E-state index is 0.0332. The molecule has 1 aromatic heterocycles. The summed E-state index contributed by atoms with van der Waals surface area (Å²) in [6, 6.07) is 10.2. The molecule has 0 bridgehead atoms. The van der Waals surface area contributed by atoms with Crippen LogP contribution in [0.1, 0.15) is 23.9 Å². The number of hydrogen-bond donors (Lipinski definition) is 2. The van der Waals surface area contributed by atoms with E-state index in [9.17, 15) is 4.39 Å². The van der Waals surface area contributed by atoms with E-state index in [0.717, 1.165) is 22.3 Å². The van der Waals surface area contributed by atoms with Gasteiger partial charge < -0.3 is 10.2 Å². The number of benzene rings is 2. The smallest absolute Gasteiger partial charge is 0.214 e. The van der Waals surface area contributed by atoms with Gasteiger partial charge in [-0.25, -0.2) is 9.07 Å². The number of ether oxygens (including phenoxy) is 1. The van der Waals surface area contributed by atoms with Crippen molar-refractivity contribution in [3.63, 3.8) is 0 Å². The molecule has 0 amide bonds. The minimum Gasteiger partial charge on any atom is -0.488 e. The molecule has 0 fully saturated rings. The fraction of sp³-hybridized carbons (Fsp3) is 0.222. The molecule has 3 aromatic rings. The van der Waals surface area contributed by atoms with E-state index in [4.69, 9.17) is 28.6 Å². The Balaban J connectivity index is 1.79. The summed E-state index contributed by atoms with van der Waals surface area (Å²) in [5.74, 6) is 1.03. The van der Waals surface area contributed by atoms with Crippen LogP contribution in [0.4, 0.5) is 4.39 Å². The summed E-state index contributed by atoms with van der Waals surface area (Å²) in [5.41, 5.74) is 4.44. The summed E-state index contributed by atoms with van der Waals surface area (Å²) in [7, 11) is 0. The van der Waals surface area contributed by atoms with E-state index < -0.39 is 5.82 Å². The van der Waals surface area contributed by atoms with Crippen molar-refractivity contribution in [2.45, 2.75) is 26.5 Å². The molecule has 2 N–H and O–H groups in total. The van der Waals surface area contributed by atoms with Gasteiger partial charge in [-0.3, -0.25) is 5.10 Å². The number of rotatable bonds is 7. The second-order valence-electron chi connectivity index (χ2n) is 5.71. The summed E-state index contributed by atoms with van der Waals surface area (Å²) in [6.07, 6.45) is 0.730. The Kier molecular flexibility index (Phi) is 6.51. The summed E-state index contributed by atoms with van der Waals surface area (Å²) in [4.78, 5) is 0. The summed E-state index contributed by atoms with van der Waals surface area (Å²) >= 11 is 14.8. The van der Waals surface area contributed by atoms with Gasteiger partial charge >= 0.3 is 0 Å². The van der Waals surface area contributed by atoms with E-state index in [-0.39, 0.29) is 6.61 Å². The van der Waals surface area contributed by atoms with Gasteiger partial charge in [0.2, 0.25) is 4.77 Å². The molecule has 0 aliphatic rings. The van der Waals surface area contributed by atoms with Gasteiger partial charge in [-0.2, -0.15) is 5.10 Å². The molecule has 0 saturated heterocycles. The van der Waals surface area contributed by atoms with Crippen molar-refractivity contribution >= 4 is 39.7 Å². The number of aryl methyl sites for hydroxylation is 1. The minimum atomic E-state index is -0.392. The maximum Gasteiger partial charge on any atom is 0.214 e. The van der Waals surface area contributed by atoms with E-state index in [1.807, 2.05) is 25.1 Å². The lowest BCUT2D eigenvalue weighted by Crippen LogP contribution is -2.18. The number of H-pyrrole nitrogens is 1. The Morgan fingerprint density at radius 3 is 2.93 bits per heavy atom. The van der Waals surface area contributed by atoms with Crippen LogP contribution in [0.15, 0.2) is 40.9 Å². The Hall–Kier alpha value is -1.90. The Morgan fingerprint density at radius 2 is 2.19 bits per heavy atom. The number of halogens is 3. The zero-order valence-electron chi connectivity index (χ0n) is 14.4. The standard InChI is InChI=1S/C18H17BrClFN4OS/c1-2-17-23-24-18(27)25(17)22-9-11-8-12(19)6-7-16(11)26-10-13-14(20)4-3-5-15(13)21/h3-8,22H,2,9-10H2,1H3,(H,24,27). The van der Waals surface area contributed by atoms with Gasteiger partial charge in [0.1, 0.15) is 18.2 Å². The lowest BCUT2D eigenvalue weighted by atomic mass is 10.2. The first-order chi connectivity index (χ1) is 13.0. The van der Waals surface area contributed by atoms with Crippen LogP contribution in [0, 0.1) is 10.6 Å². The monoisotopic (exact) mass is 470 g/mol. The van der Waals surface area contributed by atoms with E-state index in [0.29, 0.717) is 27.7 Å². The number of nitrogens with one attached hydrogen (secondary N) is 2. The highest BCUT2D eigenvalue weighted by Crippen LogP contribution is 2.26. The third-order valence-corrected chi connectivity index (χ3v) is 5.06. The molecule has 0 unspecified atom stereocenters. The molecule has 27 heavy (non-hydrogen) atoms. The van der Waals surface area contributed by atoms with Gasteiger partial charge in [-0.05, 0) is 42.5 Å². The topological polar surface area (TPSA) is 54.9 Å². The molecule has 0 radical (unpaired) electrons. The number of nitrogens with zero attached hydrogens (tertiary/aromatic N) is 2. The van der Waals surface area contributed by atoms with Crippen molar-refractivity contribution < 1.29 is 9.13 Å². The first-order valence-electron chi connectivity index (χ1n) is 8.24. The highest BCUT2D eigenvalue weighted by atomic mass is 79.9. The van der Waals surface area contributed by atoms with E-state index in [1.54, 1.807) is 16.8 Å². The van der Waals surface area contributed by atoms with E-state index >= 15 is 0 Å². The van der Waals surface area contributed by atoms with Crippen LogP contribution in [0.5, 0.6) is 5.75 Å².